The molecule has 1 aliphatic rings. The average Bonchev–Trinajstić information content (AvgIpc) is 2.85. The minimum absolute atomic E-state index is 0. The minimum atomic E-state index is -3.70. The summed E-state index contributed by atoms with van der Waals surface area (Å²) in [4.78, 5) is 0. The topological polar surface area (TPSA) is 68.2 Å². The number of halogens is 3. The number of ether oxygens (including phenoxy) is 1. The molecule has 1 heterocycles. The molecule has 0 bridgehead atoms. The van der Waals surface area contributed by atoms with Crippen molar-refractivity contribution in [3.63, 3.8) is 0 Å². The van der Waals surface area contributed by atoms with E-state index in [9.17, 15) is 17.9 Å². The molecule has 2 aromatic carbocycles. The van der Waals surface area contributed by atoms with Gasteiger partial charge >= 0.3 is 0 Å². The van der Waals surface area contributed by atoms with Gasteiger partial charge < -0.3 is 10.1 Å². The molecule has 10 heteroatoms. The van der Waals surface area contributed by atoms with Gasteiger partial charge in [0.25, 0.3) is 0 Å². The number of anilines is 3. The number of hydrogen-bond acceptors (Lipinski definition) is 6. The van der Waals surface area contributed by atoms with E-state index in [4.69, 9.17) is 4.74 Å². The van der Waals surface area contributed by atoms with Crippen LogP contribution in [0.4, 0.5) is 25.8 Å². The Labute approximate surface area is 177 Å². The molecule has 0 unspecified atom stereocenters. The van der Waals surface area contributed by atoms with Crippen LogP contribution in [0.25, 0.3) is 0 Å². The van der Waals surface area contributed by atoms with Crippen molar-refractivity contribution in [3.05, 3.63) is 54.1 Å². The lowest BCUT2D eigenvalue weighted by molar-refractivity contribution is 0.142. The lowest BCUT2D eigenvalue weighted by atomic mass is 10.2. The van der Waals surface area contributed by atoms with Crippen LogP contribution < -0.4 is 13.9 Å². The number of nitrogens with zero attached hydrogens (tertiary/aromatic N) is 2. The predicted octanol–water partition coefficient (Wildman–Crippen LogP) is 4.94. The Bertz CT molecular complexity index is 809. The predicted molar refractivity (Wildman–Crippen MR) is 116 cm³/mol. The van der Waals surface area contributed by atoms with Gasteiger partial charge in [0.1, 0.15) is 5.69 Å². The van der Waals surface area contributed by atoms with Crippen LogP contribution in [-0.2, 0) is 4.74 Å². The number of hydrogen-bond donors (Lipinski definition) is 3. The molecule has 2 aromatic rings. The van der Waals surface area contributed by atoms with Crippen LogP contribution in [0.2, 0.25) is 0 Å². The molecule has 0 saturated carbocycles. The van der Waals surface area contributed by atoms with Crippen molar-refractivity contribution in [2.45, 2.75) is 19.9 Å². The highest BCUT2D eigenvalue weighted by atomic mass is 35.5. The molecule has 0 amide bonds. The Morgan fingerprint density at radius 2 is 1.62 bits per heavy atom. The van der Waals surface area contributed by atoms with E-state index in [0.717, 1.165) is 16.4 Å². The summed E-state index contributed by atoms with van der Waals surface area (Å²) in [5.74, 6) is -1.74. The van der Waals surface area contributed by atoms with Crippen molar-refractivity contribution in [2.75, 3.05) is 34.9 Å². The van der Waals surface area contributed by atoms with Crippen LogP contribution in [0, 0.1) is 11.6 Å². The van der Waals surface area contributed by atoms with E-state index in [-0.39, 0.29) is 25.6 Å². The number of benzene rings is 2. The van der Waals surface area contributed by atoms with E-state index in [1.165, 1.54) is 10.4 Å². The number of fused-ring (bicyclic) bond motifs is 1. The second-order valence-corrected chi connectivity index (χ2v) is 8.45. The largest absolute Gasteiger partial charge is 0.378 e. The number of nitrogens with one attached hydrogen (secondary N) is 1. The first kappa shape index (κ1) is 23.7. The Balaban J connectivity index is 0.00000300. The standard InChI is InChI=1S/C19H25F2N3O3S.ClH/c1-14(2)22-10-12-27-13-11-23-17-8-3-4-9-18(17)24(28(23,25)26)19-15(20)6-5-7-16(19)21;/h3-9,14,22,25-26H,10-13H2,1-2H3;1H. The molecule has 3 rings (SSSR count). The highest BCUT2D eigenvalue weighted by Crippen LogP contribution is 2.64. The van der Waals surface area contributed by atoms with Crippen LogP contribution in [0.5, 0.6) is 0 Å². The van der Waals surface area contributed by atoms with Crippen molar-refractivity contribution in [2.24, 2.45) is 0 Å². The summed E-state index contributed by atoms with van der Waals surface area (Å²) in [7, 11) is -3.70. The molecule has 0 radical (unpaired) electrons. The lowest BCUT2D eigenvalue weighted by Crippen LogP contribution is -2.34. The molecule has 0 spiro atoms. The fraction of sp³-hybridized carbons (Fsp3) is 0.368. The second-order valence-electron chi connectivity index (χ2n) is 6.67. The molecule has 1 aliphatic heterocycles. The third kappa shape index (κ3) is 4.93. The maximum Gasteiger partial charge on any atom is 0.151 e. The summed E-state index contributed by atoms with van der Waals surface area (Å²) >= 11 is 0. The number of para-hydroxylation sites is 3. The summed E-state index contributed by atoms with van der Waals surface area (Å²) in [6.45, 7) is 5.61. The third-order valence-corrected chi connectivity index (χ3v) is 6.13. The van der Waals surface area contributed by atoms with E-state index in [0.29, 0.717) is 30.6 Å². The van der Waals surface area contributed by atoms with Gasteiger partial charge in [0, 0.05) is 12.6 Å². The Kier molecular flexibility index (Phi) is 8.10. The third-order valence-electron chi connectivity index (χ3n) is 4.29. The number of rotatable bonds is 8. The van der Waals surface area contributed by atoms with Gasteiger partial charge in [-0.3, -0.25) is 9.11 Å². The molecule has 0 fully saturated rings. The Hall–Kier alpha value is -1.62. The molecule has 0 atom stereocenters. The van der Waals surface area contributed by atoms with Gasteiger partial charge in [0.05, 0.1) is 31.1 Å². The first-order chi connectivity index (χ1) is 13.3. The fourth-order valence-electron chi connectivity index (χ4n) is 3.05. The van der Waals surface area contributed by atoms with Gasteiger partial charge in [-0.15, -0.1) is 12.4 Å². The lowest BCUT2D eigenvalue weighted by Gasteiger charge is -2.43. The van der Waals surface area contributed by atoms with E-state index >= 15 is 0 Å². The first-order valence-electron chi connectivity index (χ1n) is 9.04. The molecule has 29 heavy (non-hydrogen) atoms. The van der Waals surface area contributed by atoms with Crippen LogP contribution in [0.15, 0.2) is 42.5 Å². The van der Waals surface area contributed by atoms with Crippen molar-refractivity contribution >= 4 is 40.4 Å². The molecule has 6 nitrogen and oxygen atoms in total. The molecule has 0 aromatic heterocycles. The van der Waals surface area contributed by atoms with Crippen molar-refractivity contribution in [1.29, 1.82) is 0 Å². The van der Waals surface area contributed by atoms with Gasteiger partial charge in [-0.25, -0.2) is 17.4 Å². The zero-order valence-corrected chi connectivity index (χ0v) is 17.8. The van der Waals surface area contributed by atoms with E-state index in [2.05, 4.69) is 5.32 Å². The highest BCUT2D eigenvalue weighted by molar-refractivity contribution is 8.27. The summed E-state index contributed by atoms with van der Waals surface area (Å²) in [5, 5.41) is 3.22. The van der Waals surface area contributed by atoms with Crippen LogP contribution in [-0.4, -0.2) is 41.5 Å². The van der Waals surface area contributed by atoms with E-state index in [1.54, 1.807) is 24.3 Å². The molecule has 162 valence electrons. The van der Waals surface area contributed by atoms with Crippen LogP contribution in [0.1, 0.15) is 13.8 Å². The quantitative estimate of drug-likeness (QED) is 0.496. The zero-order valence-electron chi connectivity index (χ0n) is 16.2. The summed E-state index contributed by atoms with van der Waals surface area (Å²) in [6, 6.07) is 10.5. The molecule has 0 saturated heterocycles. The van der Waals surface area contributed by atoms with Crippen molar-refractivity contribution in [1.82, 2.24) is 5.32 Å². The molecule has 3 N–H and O–H groups in total. The smallest absolute Gasteiger partial charge is 0.151 e. The molecular weight excluding hydrogens is 424 g/mol. The molecule has 0 aliphatic carbocycles. The maximum absolute atomic E-state index is 14.4. The highest BCUT2D eigenvalue weighted by Gasteiger charge is 2.43. The van der Waals surface area contributed by atoms with Gasteiger partial charge in [-0.1, -0.05) is 32.0 Å². The normalized spacial score (nSPS) is 16.0. The SMILES string of the molecule is CC(C)NCCOCCN1c2ccccc2N(c2c(F)cccc2F)S1(O)O.Cl. The van der Waals surface area contributed by atoms with Crippen molar-refractivity contribution in [3.8, 4) is 0 Å². The summed E-state index contributed by atoms with van der Waals surface area (Å²) in [6.07, 6.45) is 0. The Morgan fingerprint density at radius 1 is 1.00 bits per heavy atom. The van der Waals surface area contributed by atoms with Crippen molar-refractivity contribution < 1.29 is 22.6 Å². The second kappa shape index (κ2) is 9.92. The van der Waals surface area contributed by atoms with Crippen LogP contribution >= 0.6 is 23.4 Å². The monoisotopic (exact) mass is 449 g/mol. The maximum atomic E-state index is 14.4. The zero-order chi connectivity index (χ0) is 20.3. The van der Waals surface area contributed by atoms with Crippen LogP contribution in [0.3, 0.4) is 0 Å². The average molecular weight is 450 g/mol. The Morgan fingerprint density at radius 3 is 2.24 bits per heavy atom. The first-order valence-corrected chi connectivity index (χ1v) is 10.5. The van der Waals surface area contributed by atoms with E-state index in [1.807, 2.05) is 13.8 Å². The molecular formula is C19H26ClF2N3O3S. The summed E-state index contributed by atoms with van der Waals surface area (Å²) < 4.78 is 58.4. The van der Waals surface area contributed by atoms with Gasteiger partial charge in [-0.2, -0.15) is 0 Å². The summed E-state index contributed by atoms with van der Waals surface area (Å²) in [5.41, 5.74) is 0.321. The van der Waals surface area contributed by atoms with Gasteiger partial charge in [0.2, 0.25) is 0 Å². The van der Waals surface area contributed by atoms with Gasteiger partial charge in [-0.05, 0) is 35.2 Å². The fourth-order valence-corrected chi connectivity index (χ4v) is 4.82. The minimum Gasteiger partial charge on any atom is -0.378 e. The van der Waals surface area contributed by atoms with Gasteiger partial charge in [0.15, 0.2) is 11.6 Å². The van der Waals surface area contributed by atoms with E-state index < -0.39 is 28.3 Å².